The molecule has 4 rings (SSSR count). The molecule has 0 radical (unpaired) electrons. The number of nitrogens with zero attached hydrogens (tertiary/aromatic N) is 4. The summed E-state index contributed by atoms with van der Waals surface area (Å²) in [4.78, 5) is 13.3. The topological polar surface area (TPSA) is 73.8 Å². The number of rotatable bonds is 3. The first kappa shape index (κ1) is 16.8. The van der Waals surface area contributed by atoms with Crippen LogP contribution >= 0.6 is 23.2 Å². The van der Waals surface area contributed by atoms with Gasteiger partial charge in [0.15, 0.2) is 0 Å². The van der Waals surface area contributed by atoms with Crippen LogP contribution in [0.25, 0.3) is 22.4 Å². The summed E-state index contributed by atoms with van der Waals surface area (Å²) in [5.41, 5.74) is 2.39. The monoisotopic (exact) mass is 386 g/mol. The van der Waals surface area contributed by atoms with Gasteiger partial charge in [0.1, 0.15) is 5.58 Å². The number of aromatic nitrogens is 4. The molecule has 0 spiro atoms. The number of benzene rings is 2. The zero-order valence-corrected chi connectivity index (χ0v) is 15.1. The van der Waals surface area contributed by atoms with Crippen molar-refractivity contribution in [1.29, 1.82) is 0 Å². The molecule has 2 heterocycles. The number of hydrogen-bond acceptors (Lipinski definition) is 5. The first-order valence-corrected chi connectivity index (χ1v) is 8.52. The summed E-state index contributed by atoms with van der Waals surface area (Å²) >= 11 is 12.1. The average molecular weight is 387 g/mol. The van der Waals surface area contributed by atoms with E-state index in [1.54, 1.807) is 24.3 Å². The molecule has 0 aliphatic carbocycles. The summed E-state index contributed by atoms with van der Waals surface area (Å²) in [7, 11) is 0. The third kappa shape index (κ3) is 3.21. The lowest BCUT2D eigenvalue weighted by Crippen LogP contribution is -2.08. The van der Waals surface area contributed by atoms with Crippen LogP contribution < -0.4 is 5.63 Å². The number of halogens is 2. The predicted molar refractivity (Wildman–Crippen MR) is 99.6 cm³/mol. The number of tetrazole rings is 1. The fraction of sp³-hybridized carbons (Fsp3) is 0.111. The van der Waals surface area contributed by atoms with E-state index < -0.39 is 5.63 Å². The first-order valence-electron chi connectivity index (χ1n) is 7.76. The van der Waals surface area contributed by atoms with Gasteiger partial charge in [-0.2, -0.15) is 4.80 Å². The van der Waals surface area contributed by atoms with E-state index in [2.05, 4.69) is 15.4 Å². The van der Waals surface area contributed by atoms with Crippen LogP contribution in [0, 0.1) is 6.92 Å². The van der Waals surface area contributed by atoms with Crippen molar-refractivity contribution in [2.24, 2.45) is 0 Å². The third-order valence-electron chi connectivity index (χ3n) is 3.98. The van der Waals surface area contributed by atoms with E-state index in [0.717, 1.165) is 16.5 Å². The van der Waals surface area contributed by atoms with Crippen LogP contribution in [0.2, 0.25) is 10.0 Å². The van der Waals surface area contributed by atoms with Crippen molar-refractivity contribution in [1.82, 2.24) is 20.2 Å². The van der Waals surface area contributed by atoms with Crippen LogP contribution in [-0.2, 0) is 6.54 Å². The smallest absolute Gasteiger partial charge is 0.336 e. The van der Waals surface area contributed by atoms with E-state index >= 15 is 0 Å². The molecule has 8 heteroatoms. The van der Waals surface area contributed by atoms with E-state index in [9.17, 15) is 4.79 Å². The SMILES string of the molecule is Cc1cc2oc(=O)cc(Cn3nnc(-c4ccc(Cl)cc4)n3)c2cc1Cl. The maximum Gasteiger partial charge on any atom is 0.336 e. The summed E-state index contributed by atoms with van der Waals surface area (Å²) in [6.07, 6.45) is 0. The minimum atomic E-state index is -0.438. The van der Waals surface area contributed by atoms with Crippen LogP contribution in [-0.4, -0.2) is 20.2 Å². The van der Waals surface area contributed by atoms with Crippen molar-refractivity contribution in [3.63, 3.8) is 0 Å². The number of hydrogen-bond donors (Lipinski definition) is 0. The van der Waals surface area contributed by atoms with Crippen LogP contribution in [0.3, 0.4) is 0 Å². The summed E-state index contributed by atoms with van der Waals surface area (Å²) in [5.74, 6) is 0.475. The molecule has 0 aliphatic rings. The van der Waals surface area contributed by atoms with Crippen molar-refractivity contribution in [2.75, 3.05) is 0 Å². The lowest BCUT2D eigenvalue weighted by atomic mass is 10.1. The lowest BCUT2D eigenvalue weighted by molar-refractivity contribution is 0.545. The molecule has 2 aromatic carbocycles. The Labute approximate surface area is 158 Å². The maximum absolute atomic E-state index is 11.9. The van der Waals surface area contributed by atoms with Gasteiger partial charge in [0, 0.05) is 27.1 Å². The van der Waals surface area contributed by atoms with Gasteiger partial charge in [-0.15, -0.1) is 10.2 Å². The predicted octanol–water partition coefficient (Wildman–Crippen LogP) is 4.11. The van der Waals surface area contributed by atoms with E-state index in [-0.39, 0.29) is 6.54 Å². The molecule has 0 bridgehead atoms. The fourth-order valence-corrected chi connectivity index (χ4v) is 2.95. The van der Waals surface area contributed by atoms with Crippen LogP contribution in [0.1, 0.15) is 11.1 Å². The first-order chi connectivity index (χ1) is 12.5. The Morgan fingerprint density at radius 1 is 1.12 bits per heavy atom. The van der Waals surface area contributed by atoms with Gasteiger partial charge in [-0.25, -0.2) is 4.79 Å². The van der Waals surface area contributed by atoms with Crippen LogP contribution in [0.15, 0.2) is 51.7 Å². The average Bonchev–Trinajstić information content (AvgIpc) is 3.06. The van der Waals surface area contributed by atoms with Crippen molar-refractivity contribution >= 4 is 34.2 Å². The summed E-state index contributed by atoms with van der Waals surface area (Å²) in [6.45, 7) is 2.12. The largest absolute Gasteiger partial charge is 0.423 e. The fourth-order valence-electron chi connectivity index (χ4n) is 2.66. The van der Waals surface area contributed by atoms with E-state index in [1.807, 2.05) is 19.1 Å². The highest BCUT2D eigenvalue weighted by atomic mass is 35.5. The summed E-state index contributed by atoms with van der Waals surface area (Å²) in [5, 5.41) is 14.5. The molecular formula is C18H12Cl2N4O2. The zero-order chi connectivity index (χ0) is 18.3. The van der Waals surface area contributed by atoms with Crippen molar-refractivity contribution in [3.8, 4) is 11.4 Å². The molecule has 4 aromatic rings. The minimum absolute atomic E-state index is 0.266. The van der Waals surface area contributed by atoms with E-state index in [4.69, 9.17) is 27.6 Å². The van der Waals surface area contributed by atoms with Crippen molar-refractivity contribution < 1.29 is 4.42 Å². The molecule has 0 amide bonds. The van der Waals surface area contributed by atoms with E-state index in [1.165, 1.54) is 10.9 Å². The highest BCUT2D eigenvalue weighted by molar-refractivity contribution is 6.32. The van der Waals surface area contributed by atoms with Crippen molar-refractivity contribution in [2.45, 2.75) is 13.5 Å². The third-order valence-corrected chi connectivity index (χ3v) is 4.64. The van der Waals surface area contributed by atoms with Gasteiger partial charge in [-0.05, 0) is 59.7 Å². The minimum Gasteiger partial charge on any atom is -0.423 e. The van der Waals surface area contributed by atoms with Gasteiger partial charge in [0.05, 0.1) is 6.54 Å². The van der Waals surface area contributed by atoms with Gasteiger partial charge in [0.25, 0.3) is 0 Å². The molecular weight excluding hydrogens is 375 g/mol. The summed E-state index contributed by atoms with van der Waals surface area (Å²) < 4.78 is 5.27. The molecule has 0 aliphatic heterocycles. The molecule has 2 aromatic heterocycles. The highest BCUT2D eigenvalue weighted by Crippen LogP contribution is 2.25. The molecule has 0 N–H and O–H groups in total. The Morgan fingerprint density at radius 2 is 1.88 bits per heavy atom. The van der Waals surface area contributed by atoms with Gasteiger partial charge in [-0.1, -0.05) is 23.2 Å². The van der Waals surface area contributed by atoms with Gasteiger partial charge in [-0.3, -0.25) is 0 Å². The molecule has 6 nitrogen and oxygen atoms in total. The quantitative estimate of drug-likeness (QED) is 0.495. The normalized spacial score (nSPS) is 11.2. The van der Waals surface area contributed by atoms with Crippen LogP contribution in [0.4, 0.5) is 0 Å². The molecule has 0 fully saturated rings. The molecule has 0 saturated carbocycles. The van der Waals surface area contributed by atoms with E-state index in [0.29, 0.717) is 27.0 Å². The Bertz CT molecular complexity index is 1170. The molecule has 26 heavy (non-hydrogen) atoms. The maximum atomic E-state index is 11.9. The molecule has 0 atom stereocenters. The zero-order valence-electron chi connectivity index (χ0n) is 13.6. The van der Waals surface area contributed by atoms with Gasteiger partial charge >= 0.3 is 5.63 Å². The number of aryl methyl sites for hydroxylation is 1. The lowest BCUT2D eigenvalue weighted by Gasteiger charge is -2.06. The van der Waals surface area contributed by atoms with Crippen molar-refractivity contribution in [3.05, 3.63) is 74.1 Å². The summed E-state index contributed by atoms with van der Waals surface area (Å²) in [6, 6.07) is 12.1. The second-order valence-electron chi connectivity index (χ2n) is 5.84. The standard InChI is InChI=1S/C18H12Cl2N4O2/c1-10-6-16-14(8-15(10)20)12(7-17(25)26-16)9-24-22-18(21-23-24)11-2-4-13(19)5-3-11/h2-8H,9H2,1H3. The molecule has 0 saturated heterocycles. The Balaban J connectivity index is 1.73. The Hall–Kier alpha value is -2.70. The Kier molecular flexibility index (Phi) is 4.22. The van der Waals surface area contributed by atoms with Crippen LogP contribution in [0.5, 0.6) is 0 Å². The second-order valence-corrected chi connectivity index (χ2v) is 6.68. The second kappa shape index (κ2) is 6.55. The van der Waals surface area contributed by atoms with Gasteiger partial charge < -0.3 is 4.42 Å². The van der Waals surface area contributed by atoms with Gasteiger partial charge in [0.2, 0.25) is 5.82 Å². The highest BCUT2D eigenvalue weighted by Gasteiger charge is 2.12. The number of fused-ring (bicyclic) bond motifs is 1. The molecule has 0 unspecified atom stereocenters. The Morgan fingerprint density at radius 3 is 2.65 bits per heavy atom. The molecule has 130 valence electrons.